The number of carbonyl (C=O) groups excluding carboxylic acids is 1. The van der Waals surface area contributed by atoms with E-state index in [9.17, 15) is 4.79 Å². The molecule has 24 heavy (non-hydrogen) atoms. The lowest BCUT2D eigenvalue weighted by Gasteiger charge is -2.42. The largest absolute Gasteiger partial charge is 0.371 e. The van der Waals surface area contributed by atoms with Crippen LogP contribution in [0.4, 0.5) is 0 Å². The minimum Gasteiger partial charge on any atom is -0.371 e. The van der Waals surface area contributed by atoms with Gasteiger partial charge in [0.1, 0.15) is 0 Å². The van der Waals surface area contributed by atoms with E-state index < -0.39 is 0 Å². The van der Waals surface area contributed by atoms with Gasteiger partial charge in [-0.2, -0.15) is 0 Å². The molecule has 5 heteroatoms. The molecule has 3 rings (SSSR count). The Kier molecular flexibility index (Phi) is 6.14. The van der Waals surface area contributed by atoms with Crippen LogP contribution in [0.15, 0.2) is 24.3 Å². The van der Waals surface area contributed by atoms with Crippen molar-refractivity contribution in [1.82, 2.24) is 9.80 Å². The summed E-state index contributed by atoms with van der Waals surface area (Å²) in [6.45, 7) is 6.53. The van der Waals surface area contributed by atoms with E-state index in [1.807, 2.05) is 17.0 Å². The summed E-state index contributed by atoms with van der Waals surface area (Å²) in [5, 5.41) is 0.760. The maximum absolute atomic E-state index is 12.0. The zero-order valence-corrected chi connectivity index (χ0v) is 15.2. The highest BCUT2D eigenvalue weighted by Gasteiger charge is 2.30. The number of morpholine rings is 1. The molecule has 0 spiro atoms. The van der Waals surface area contributed by atoms with E-state index in [4.69, 9.17) is 16.3 Å². The molecule has 1 amide bonds. The van der Waals surface area contributed by atoms with Gasteiger partial charge in [0.05, 0.1) is 12.7 Å². The first kappa shape index (κ1) is 17.7. The fourth-order valence-corrected chi connectivity index (χ4v) is 3.86. The molecular weight excluding hydrogens is 324 g/mol. The van der Waals surface area contributed by atoms with Crippen LogP contribution in [-0.4, -0.2) is 54.5 Å². The summed E-state index contributed by atoms with van der Waals surface area (Å²) in [7, 11) is 0. The van der Waals surface area contributed by atoms with E-state index in [0.717, 1.165) is 57.1 Å². The van der Waals surface area contributed by atoms with Crippen molar-refractivity contribution in [3.05, 3.63) is 34.9 Å². The van der Waals surface area contributed by atoms with Crippen LogP contribution in [0.1, 0.15) is 44.3 Å². The second-order valence-electron chi connectivity index (χ2n) is 6.77. The Hall–Kier alpha value is -1.10. The molecule has 0 N–H and O–H groups in total. The van der Waals surface area contributed by atoms with Crippen LogP contribution in [0.2, 0.25) is 5.02 Å². The van der Waals surface area contributed by atoms with Crippen molar-refractivity contribution in [2.24, 2.45) is 0 Å². The standard InChI is InChI=1S/C19H27ClN2O2/c1-2-3-19(23)21-10-8-17(9-11-21)22-12-13-24-18(14-22)15-4-6-16(20)7-5-15/h4-7,17-18H,2-3,8-14H2,1H3/t18-/m1/s1. The zero-order chi connectivity index (χ0) is 16.9. The third-order valence-electron chi connectivity index (χ3n) is 5.14. The van der Waals surface area contributed by atoms with Crippen molar-refractivity contribution in [3.63, 3.8) is 0 Å². The van der Waals surface area contributed by atoms with Gasteiger partial charge in [-0.25, -0.2) is 0 Å². The molecule has 1 atom stereocenters. The van der Waals surface area contributed by atoms with Gasteiger partial charge in [-0.05, 0) is 37.0 Å². The van der Waals surface area contributed by atoms with Crippen LogP contribution in [0.25, 0.3) is 0 Å². The van der Waals surface area contributed by atoms with Crippen molar-refractivity contribution in [2.45, 2.75) is 44.8 Å². The van der Waals surface area contributed by atoms with E-state index in [2.05, 4.69) is 24.0 Å². The Bertz CT molecular complexity index is 541. The number of hydrogen-bond acceptors (Lipinski definition) is 3. The average molecular weight is 351 g/mol. The SMILES string of the molecule is CCCC(=O)N1CCC(N2CCO[C@@H](c3ccc(Cl)cc3)C2)CC1. The second kappa shape index (κ2) is 8.32. The van der Waals surface area contributed by atoms with Crippen LogP contribution < -0.4 is 0 Å². The minimum absolute atomic E-state index is 0.121. The minimum atomic E-state index is 0.121. The highest BCUT2D eigenvalue weighted by Crippen LogP contribution is 2.27. The number of amides is 1. The maximum Gasteiger partial charge on any atom is 0.222 e. The Balaban J connectivity index is 1.54. The molecule has 2 saturated heterocycles. The number of halogens is 1. The summed E-state index contributed by atoms with van der Waals surface area (Å²) in [5.74, 6) is 0.317. The number of carbonyl (C=O) groups is 1. The topological polar surface area (TPSA) is 32.8 Å². The van der Waals surface area contributed by atoms with Gasteiger partial charge in [-0.15, -0.1) is 0 Å². The van der Waals surface area contributed by atoms with Crippen LogP contribution in [0.3, 0.4) is 0 Å². The number of rotatable bonds is 4. The van der Waals surface area contributed by atoms with Crippen LogP contribution >= 0.6 is 11.6 Å². The molecule has 2 fully saturated rings. The molecule has 1 aromatic carbocycles. The summed E-state index contributed by atoms with van der Waals surface area (Å²) >= 11 is 5.98. The number of hydrogen-bond donors (Lipinski definition) is 0. The smallest absolute Gasteiger partial charge is 0.222 e. The summed E-state index contributed by atoms with van der Waals surface area (Å²) in [6, 6.07) is 8.54. The molecule has 2 aliphatic heterocycles. The van der Waals surface area contributed by atoms with E-state index in [1.54, 1.807) is 0 Å². The number of nitrogens with zero attached hydrogens (tertiary/aromatic N) is 2. The van der Waals surface area contributed by atoms with Gasteiger partial charge >= 0.3 is 0 Å². The lowest BCUT2D eigenvalue weighted by molar-refractivity contribution is -0.133. The Morgan fingerprint density at radius 1 is 1.21 bits per heavy atom. The maximum atomic E-state index is 12.0. The molecule has 0 aromatic heterocycles. The summed E-state index contributed by atoms with van der Waals surface area (Å²) in [4.78, 5) is 16.6. The molecule has 0 unspecified atom stereocenters. The van der Waals surface area contributed by atoms with E-state index in [1.165, 1.54) is 5.56 Å². The highest BCUT2D eigenvalue weighted by molar-refractivity contribution is 6.30. The Morgan fingerprint density at radius 2 is 1.92 bits per heavy atom. The van der Waals surface area contributed by atoms with E-state index >= 15 is 0 Å². The zero-order valence-electron chi connectivity index (χ0n) is 14.4. The van der Waals surface area contributed by atoms with Gasteiger partial charge in [-0.3, -0.25) is 9.69 Å². The summed E-state index contributed by atoms with van der Waals surface area (Å²) in [5.41, 5.74) is 1.19. The Labute approximate surface area is 149 Å². The lowest BCUT2D eigenvalue weighted by Crippen LogP contribution is -2.50. The molecule has 0 radical (unpaired) electrons. The predicted octanol–water partition coefficient (Wildman–Crippen LogP) is 3.50. The molecule has 4 nitrogen and oxygen atoms in total. The first-order valence-electron chi connectivity index (χ1n) is 9.06. The van der Waals surface area contributed by atoms with Crippen molar-refractivity contribution >= 4 is 17.5 Å². The van der Waals surface area contributed by atoms with Gasteiger partial charge in [0.25, 0.3) is 0 Å². The molecule has 0 aliphatic carbocycles. The summed E-state index contributed by atoms with van der Waals surface area (Å²) in [6.07, 6.45) is 3.88. The monoisotopic (exact) mass is 350 g/mol. The number of ether oxygens (including phenoxy) is 1. The van der Waals surface area contributed by atoms with Crippen molar-refractivity contribution in [3.8, 4) is 0 Å². The molecule has 0 bridgehead atoms. The molecule has 2 heterocycles. The van der Waals surface area contributed by atoms with Crippen molar-refractivity contribution in [2.75, 3.05) is 32.8 Å². The Morgan fingerprint density at radius 3 is 2.58 bits per heavy atom. The predicted molar refractivity (Wildman–Crippen MR) is 96.2 cm³/mol. The number of likely N-dealkylation sites (tertiary alicyclic amines) is 1. The lowest BCUT2D eigenvalue weighted by atomic mass is 10.00. The van der Waals surface area contributed by atoms with Gasteiger partial charge in [0.15, 0.2) is 0 Å². The highest BCUT2D eigenvalue weighted by atomic mass is 35.5. The van der Waals surface area contributed by atoms with E-state index in [-0.39, 0.29) is 6.10 Å². The van der Waals surface area contributed by atoms with Crippen LogP contribution in [0, 0.1) is 0 Å². The fraction of sp³-hybridized carbons (Fsp3) is 0.632. The number of benzene rings is 1. The third-order valence-corrected chi connectivity index (χ3v) is 5.39. The van der Waals surface area contributed by atoms with Crippen LogP contribution in [-0.2, 0) is 9.53 Å². The van der Waals surface area contributed by atoms with E-state index in [0.29, 0.717) is 18.4 Å². The summed E-state index contributed by atoms with van der Waals surface area (Å²) < 4.78 is 5.97. The van der Waals surface area contributed by atoms with Gasteiger partial charge in [0, 0.05) is 43.7 Å². The normalized spacial score (nSPS) is 23.4. The number of piperidine rings is 1. The quantitative estimate of drug-likeness (QED) is 0.833. The molecule has 2 aliphatic rings. The second-order valence-corrected chi connectivity index (χ2v) is 7.20. The van der Waals surface area contributed by atoms with Crippen molar-refractivity contribution in [1.29, 1.82) is 0 Å². The van der Waals surface area contributed by atoms with Crippen LogP contribution in [0.5, 0.6) is 0 Å². The first-order chi connectivity index (χ1) is 11.7. The molecule has 1 aromatic rings. The average Bonchev–Trinajstić information content (AvgIpc) is 2.63. The molecule has 0 saturated carbocycles. The van der Waals surface area contributed by atoms with Crippen molar-refractivity contribution < 1.29 is 9.53 Å². The molecule has 132 valence electrons. The third kappa shape index (κ3) is 4.29. The first-order valence-corrected chi connectivity index (χ1v) is 9.44. The fourth-order valence-electron chi connectivity index (χ4n) is 3.73. The van der Waals surface area contributed by atoms with Gasteiger partial charge in [0.2, 0.25) is 5.91 Å². The van der Waals surface area contributed by atoms with Gasteiger partial charge in [-0.1, -0.05) is 30.7 Å². The molecular formula is C19H27ClN2O2. The van der Waals surface area contributed by atoms with Gasteiger partial charge < -0.3 is 9.64 Å².